The van der Waals surface area contributed by atoms with Gasteiger partial charge in [0.05, 0.1) is 0 Å². The summed E-state index contributed by atoms with van der Waals surface area (Å²) in [6.45, 7) is 2.85. The number of anilines is 1. The van der Waals surface area contributed by atoms with Crippen molar-refractivity contribution in [2.75, 3.05) is 18.9 Å². The zero-order valence-corrected chi connectivity index (χ0v) is 9.60. The molecule has 1 aromatic rings. The van der Waals surface area contributed by atoms with E-state index in [0.717, 1.165) is 17.8 Å². The molecular formula is C13H16N2O. The fraction of sp³-hybridized carbons (Fsp3) is 0.308. The molecule has 1 aromatic carbocycles. The van der Waals surface area contributed by atoms with Crippen LogP contribution in [0.5, 0.6) is 0 Å². The average molecular weight is 216 g/mol. The van der Waals surface area contributed by atoms with E-state index >= 15 is 0 Å². The van der Waals surface area contributed by atoms with E-state index in [2.05, 4.69) is 5.32 Å². The number of nitrogens with zero attached hydrogens (tertiary/aromatic N) is 1. The van der Waals surface area contributed by atoms with Gasteiger partial charge in [0.1, 0.15) is 6.04 Å². The Morgan fingerprint density at radius 2 is 2.31 bits per heavy atom. The van der Waals surface area contributed by atoms with Crippen molar-refractivity contribution in [1.82, 2.24) is 4.90 Å². The van der Waals surface area contributed by atoms with E-state index < -0.39 is 0 Å². The molecule has 2 rings (SSSR count). The largest absolute Gasteiger partial charge is 0.324 e. The fourth-order valence-corrected chi connectivity index (χ4v) is 1.84. The van der Waals surface area contributed by atoms with Crippen LogP contribution in [0.1, 0.15) is 5.56 Å². The maximum Gasteiger partial charge on any atom is 0.245 e. The van der Waals surface area contributed by atoms with Crippen molar-refractivity contribution in [3.63, 3.8) is 0 Å². The van der Waals surface area contributed by atoms with Crippen LogP contribution >= 0.6 is 0 Å². The Bertz CT molecular complexity index is 426. The summed E-state index contributed by atoms with van der Waals surface area (Å²) >= 11 is 0. The van der Waals surface area contributed by atoms with E-state index in [1.807, 2.05) is 55.3 Å². The number of amides is 1. The number of nitrogens with one attached hydrogen (secondary N) is 1. The predicted molar refractivity (Wildman–Crippen MR) is 65.4 cm³/mol. The lowest BCUT2D eigenvalue weighted by Crippen LogP contribution is -2.37. The summed E-state index contributed by atoms with van der Waals surface area (Å²) in [5.41, 5.74) is 2.01. The Labute approximate surface area is 95.8 Å². The summed E-state index contributed by atoms with van der Waals surface area (Å²) in [4.78, 5) is 13.9. The number of hydrogen-bond acceptors (Lipinski definition) is 2. The molecule has 0 fully saturated rings. The van der Waals surface area contributed by atoms with Crippen molar-refractivity contribution in [3.8, 4) is 0 Å². The third kappa shape index (κ3) is 2.31. The first kappa shape index (κ1) is 10.9. The number of rotatable bonds is 2. The molecule has 84 valence electrons. The van der Waals surface area contributed by atoms with E-state index in [1.54, 1.807) is 0 Å². The topological polar surface area (TPSA) is 32.3 Å². The van der Waals surface area contributed by atoms with E-state index in [9.17, 15) is 4.79 Å². The first-order chi connectivity index (χ1) is 7.66. The van der Waals surface area contributed by atoms with Gasteiger partial charge in [0, 0.05) is 12.2 Å². The molecule has 0 bridgehead atoms. The van der Waals surface area contributed by atoms with E-state index in [-0.39, 0.29) is 11.9 Å². The van der Waals surface area contributed by atoms with Gasteiger partial charge in [-0.1, -0.05) is 24.3 Å². The van der Waals surface area contributed by atoms with E-state index in [0.29, 0.717) is 0 Å². The van der Waals surface area contributed by atoms with Crippen molar-refractivity contribution >= 4 is 11.6 Å². The van der Waals surface area contributed by atoms with Crippen LogP contribution in [0.3, 0.4) is 0 Å². The van der Waals surface area contributed by atoms with Gasteiger partial charge < -0.3 is 5.32 Å². The first-order valence-electron chi connectivity index (χ1n) is 5.41. The molecule has 1 aliphatic rings. The molecule has 0 saturated carbocycles. The van der Waals surface area contributed by atoms with Crippen molar-refractivity contribution < 1.29 is 4.79 Å². The fourth-order valence-electron chi connectivity index (χ4n) is 1.84. The first-order valence-corrected chi connectivity index (χ1v) is 5.41. The molecule has 3 heteroatoms. The summed E-state index contributed by atoms with van der Waals surface area (Å²) in [5, 5.41) is 2.92. The number of benzene rings is 1. The second-order valence-electron chi connectivity index (χ2n) is 4.17. The highest BCUT2D eigenvalue weighted by atomic mass is 16.2. The van der Waals surface area contributed by atoms with Gasteiger partial charge in [-0.05, 0) is 31.7 Å². The third-order valence-electron chi connectivity index (χ3n) is 2.74. The number of likely N-dealkylation sites (N-methyl/N-ethyl adjacent to an activating group) is 1. The number of aryl methyl sites for hydroxylation is 1. The van der Waals surface area contributed by atoms with Crippen LogP contribution in [-0.2, 0) is 4.79 Å². The number of carbonyl (C=O) groups excluding carboxylic acids is 1. The molecule has 0 aliphatic carbocycles. The highest BCUT2D eigenvalue weighted by Gasteiger charge is 2.23. The lowest BCUT2D eigenvalue weighted by atomic mass is 10.2. The second-order valence-corrected chi connectivity index (χ2v) is 4.17. The average Bonchev–Trinajstić information content (AvgIpc) is 2.64. The highest BCUT2D eigenvalue weighted by Crippen LogP contribution is 2.13. The van der Waals surface area contributed by atoms with Crippen LogP contribution in [0.2, 0.25) is 0 Å². The smallest absolute Gasteiger partial charge is 0.245 e. The molecule has 0 aromatic heterocycles. The molecule has 1 amide bonds. The van der Waals surface area contributed by atoms with Gasteiger partial charge in [0.25, 0.3) is 0 Å². The Hall–Kier alpha value is -1.61. The summed E-state index contributed by atoms with van der Waals surface area (Å²) in [6, 6.07) is 7.69. The summed E-state index contributed by atoms with van der Waals surface area (Å²) in [5.74, 6) is 0.0295. The van der Waals surface area contributed by atoms with Gasteiger partial charge >= 0.3 is 0 Å². The van der Waals surface area contributed by atoms with E-state index in [4.69, 9.17) is 0 Å². The summed E-state index contributed by atoms with van der Waals surface area (Å²) in [7, 11) is 1.94. The number of carbonyl (C=O) groups is 1. The molecular weight excluding hydrogens is 200 g/mol. The number of hydrogen-bond donors (Lipinski definition) is 1. The maximum absolute atomic E-state index is 11.9. The standard InChI is InChI=1S/C13H16N2O/c1-10-5-3-6-11(9-10)14-13(16)12-7-4-8-15(12)2/h3-7,9,12H,8H2,1-2H3,(H,14,16). The third-order valence-corrected chi connectivity index (χ3v) is 2.74. The van der Waals surface area contributed by atoms with Crippen molar-refractivity contribution in [2.24, 2.45) is 0 Å². The molecule has 16 heavy (non-hydrogen) atoms. The van der Waals surface area contributed by atoms with Crippen molar-refractivity contribution in [2.45, 2.75) is 13.0 Å². The Morgan fingerprint density at radius 3 is 2.94 bits per heavy atom. The van der Waals surface area contributed by atoms with Gasteiger partial charge in [-0.2, -0.15) is 0 Å². The van der Waals surface area contributed by atoms with Gasteiger partial charge in [0.2, 0.25) is 5.91 Å². The Balaban J connectivity index is 2.05. The van der Waals surface area contributed by atoms with Crippen molar-refractivity contribution in [3.05, 3.63) is 42.0 Å². The van der Waals surface area contributed by atoms with Crippen LogP contribution in [0.25, 0.3) is 0 Å². The van der Waals surface area contributed by atoms with Crippen LogP contribution in [-0.4, -0.2) is 30.4 Å². The van der Waals surface area contributed by atoms with Crippen LogP contribution < -0.4 is 5.32 Å². The van der Waals surface area contributed by atoms with Gasteiger partial charge in [0.15, 0.2) is 0 Å². The van der Waals surface area contributed by atoms with Gasteiger partial charge in [-0.25, -0.2) is 0 Å². The molecule has 0 spiro atoms. The molecule has 1 aliphatic heterocycles. The Kier molecular flexibility index (Phi) is 3.06. The lowest BCUT2D eigenvalue weighted by Gasteiger charge is -2.18. The zero-order chi connectivity index (χ0) is 11.5. The monoisotopic (exact) mass is 216 g/mol. The quantitative estimate of drug-likeness (QED) is 0.765. The summed E-state index contributed by atoms with van der Waals surface area (Å²) < 4.78 is 0. The minimum atomic E-state index is -0.138. The van der Waals surface area contributed by atoms with Gasteiger partial charge in [-0.15, -0.1) is 0 Å². The molecule has 1 atom stereocenters. The molecule has 1 heterocycles. The summed E-state index contributed by atoms with van der Waals surface area (Å²) in [6.07, 6.45) is 3.95. The van der Waals surface area contributed by atoms with Crippen molar-refractivity contribution in [1.29, 1.82) is 0 Å². The Morgan fingerprint density at radius 1 is 1.50 bits per heavy atom. The molecule has 1 N–H and O–H groups in total. The van der Waals surface area contributed by atoms with Gasteiger partial charge in [-0.3, -0.25) is 9.69 Å². The minimum absolute atomic E-state index is 0.0295. The molecule has 1 unspecified atom stereocenters. The second kappa shape index (κ2) is 4.49. The van der Waals surface area contributed by atoms with Crippen LogP contribution in [0, 0.1) is 6.92 Å². The highest BCUT2D eigenvalue weighted by molar-refractivity contribution is 5.96. The molecule has 0 saturated heterocycles. The normalized spacial score (nSPS) is 20.0. The zero-order valence-electron chi connectivity index (χ0n) is 9.60. The van der Waals surface area contributed by atoms with Crippen LogP contribution in [0.15, 0.2) is 36.4 Å². The molecule has 3 nitrogen and oxygen atoms in total. The minimum Gasteiger partial charge on any atom is -0.324 e. The van der Waals surface area contributed by atoms with Crippen LogP contribution in [0.4, 0.5) is 5.69 Å². The lowest BCUT2D eigenvalue weighted by molar-refractivity contribution is -0.118. The maximum atomic E-state index is 11.9. The SMILES string of the molecule is Cc1cccc(NC(=O)C2C=CCN2C)c1. The van der Waals surface area contributed by atoms with E-state index in [1.165, 1.54) is 0 Å². The predicted octanol–water partition coefficient (Wildman–Crippen LogP) is 1.80. The molecule has 0 radical (unpaired) electrons.